The van der Waals surface area contributed by atoms with Crippen molar-refractivity contribution in [1.29, 1.82) is 0 Å². The third-order valence-corrected chi connectivity index (χ3v) is 5.11. The average molecular weight is 448 g/mol. The van der Waals surface area contributed by atoms with Gasteiger partial charge in [0.15, 0.2) is 5.82 Å². The molecule has 1 N–H and O–H groups in total. The molecule has 126 valence electrons. The molecule has 1 saturated carbocycles. The molecule has 0 bridgehead atoms. The molecule has 1 fully saturated rings. The minimum absolute atomic E-state index is 0.0557. The molecule has 1 aliphatic rings. The molecule has 0 unspecified atom stereocenters. The number of hydrogen-bond donors (Lipinski definition) is 1. The van der Waals surface area contributed by atoms with Crippen molar-refractivity contribution in [3.8, 4) is 5.69 Å². The zero-order valence-electron chi connectivity index (χ0n) is 13.1. The minimum Gasteiger partial charge on any atom is -0.308 e. The molecular weight excluding hydrogens is 434 g/mol. The summed E-state index contributed by atoms with van der Waals surface area (Å²) < 4.78 is 15.9. The first-order valence-corrected chi connectivity index (χ1v) is 8.90. The van der Waals surface area contributed by atoms with Crippen molar-refractivity contribution < 1.29 is 9.18 Å². The van der Waals surface area contributed by atoms with Crippen LogP contribution in [0.5, 0.6) is 0 Å². The number of anilines is 1. The number of aromatic nitrogens is 3. The first kappa shape index (κ1) is 16.2. The first-order chi connectivity index (χ1) is 12.1. The van der Waals surface area contributed by atoms with Crippen LogP contribution in [0.15, 0.2) is 54.9 Å². The summed E-state index contributed by atoms with van der Waals surface area (Å²) in [6.45, 7) is 0. The van der Waals surface area contributed by atoms with Gasteiger partial charge in [-0.3, -0.25) is 4.79 Å². The molecule has 7 heteroatoms. The largest absolute Gasteiger partial charge is 0.308 e. The second-order valence-corrected chi connectivity index (χ2v) is 7.27. The van der Waals surface area contributed by atoms with Crippen LogP contribution in [0, 0.1) is 9.52 Å². The summed E-state index contributed by atoms with van der Waals surface area (Å²) in [5.41, 5.74) is 1.12. The highest BCUT2D eigenvalue weighted by molar-refractivity contribution is 14.1. The molecule has 0 spiro atoms. The fourth-order valence-electron chi connectivity index (χ4n) is 2.85. The number of halogens is 2. The van der Waals surface area contributed by atoms with Gasteiger partial charge in [0.05, 0.1) is 11.1 Å². The van der Waals surface area contributed by atoms with E-state index in [9.17, 15) is 9.18 Å². The summed E-state index contributed by atoms with van der Waals surface area (Å²) in [6.07, 6.45) is 4.71. The van der Waals surface area contributed by atoms with Crippen LogP contribution in [0.3, 0.4) is 0 Å². The molecule has 1 aromatic carbocycles. The molecule has 3 aromatic rings. The minimum atomic E-state index is -0.575. The molecule has 0 atom stereocenters. The first-order valence-electron chi connectivity index (χ1n) is 7.82. The van der Waals surface area contributed by atoms with Crippen molar-refractivity contribution in [1.82, 2.24) is 14.8 Å². The third-order valence-electron chi connectivity index (χ3n) is 4.39. The Hall–Kier alpha value is -2.29. The van der Waals surface area contributed by atoms with E-state index in [1.807, 2.05) is 24.3 Å². The van der Waals surface area contributed by atoms with Gasteiger partial charge in [-0.05, 0) is 59.2 Å². The van der Waals surface area contributed by atoms with Crippen molar-refractivity contribution in [3.63, 3.8) is 0 Å². The number of pyridine rings is 1. The molecule has 1 aliphatic carbocycles. The fourth-order valence-corrected chi connectivity index (χ4v) is 3.21. The van der Waals surface area contributed by atoms with Crippen molar-refractivity contribution in [2.24, 2.45) is 0 Å². The molecule has 0 aliphatic heterocycles. The Labute approximate surface area is 157 Å². The SMILES string of the molecule is O=C(Nc1ccn(-c2ccnc(F)c2)n1)C1(c2ccc(I)cc2)CC1. The lowest BCUT2D eigenvalue weighted by atomic mass is 9.95. The number of hydrogen-bond acceptors (Lipinski definition) is 3. The lowest BCUT2D eigenvalue weighted by molar-refractivity contribution is -0.118. The van der Waals surface area contributed by atoms with Crippen molar-refractivity contribution in [2.75, 3.05) is 5.32 Å². The average Bonchev–Trinajstić information content (AvgIpc) is 3.29. The van der Waals surface area contributed by atoms with E-state index >= 15 is 0 Å². The maximum atomic E-state index is 13.2. The van der Waals surface area contributed by atoms with Gasteiger partial charge in [0.25, 0.3) is 0 Å². The standard InChI is InChI=1S/C18H14FIN4O/c19-15-11-14(5-9-21-15)24-10-6-16(23-24)22-17(25)18(7-8-18)12-1-3-13(20)4-2-12/h1-6,9-11H,7-8H2,(H,22,23,25). The van der Waals surface area contributed by atoms with Crippen LogP contribution in [0.4, 0.5) is 10.2 Å². The van der Waals surface area contributed by atoms with E-state index in [2.05, 4.69) is 38.0 Å². The van der Waals surface area contributed by atoms with E-state index in [4.69, 9.17) is 0 Å². The lowest BCUT2D eigenvalue weighted by Crippen LogP contribution is -2.28. The van der Waals surface area contributed by atoms with E-state index in [1.165, 1.54) is 16.9 Å². The predicted octanol–water partition coefficient (Wildman–Crippen LogP) is 3.68. The van der Waals surface area contributed by atoms with Gasteiger partial charge in [0, 0.05) is 28.1 Å². The van der Waals surface area contributed by atoms with Crippen LogP contribution < -0.4 is 5.32 Å². The Morgan fingerprint density at radius 3 is 2.64 bits per heavy atom. The van der Waals surface area contributed by atoms with Gasteiger partial charge in [-0.25, -0.2) is 9.67 Å². The van der Waals surface area contributed by atoms with Gasteiger partial charge >= 0.3 is 0 Å². The highest BCUT2D eigenvalue weighted by Crippen LogP contribution is 2.49. The van der Waals surface area contributed by atoms with E-state index in [0.29, 0.717) is 11.5 Å². The molecule has 0 radical (unpaired) electrons. The summed E-state index contributed by atoms with van der Waals surface area (Å²) in [7, 11) is 0. The lowest BCUT2D eigenvalue weighted by Gasteiger charge is -2.14. The smallest absolute Gasteiger partial charge is 0.236 e. The Morgan fingerprint density at radius 2 is 1.96 bits per heavy atom. The van der Waals surface area contributed by atoms with Gasteiger partial charge in [0.1, 0.15) is 0 Å². The fraction of sp³-hybridized carbons (Fsp3) is 0.167. The van der Waals surface area contributed by atoms with Crippen LogP contribution in [-0.4, -0.2) is 20.7 Å². The number of nitrogens with one attached hydrogen (secondary N) is 1. The summed E-state index contributed by atoms with van der Waals surface area (Å²) in [4.78, 5) is 16.3. The van der Waals surface area contributed by atoms with Gasteiger partial charge in [-0.15, -0.1) is 0 Å². The molecular formula is C18H14FIN4O. The summed E-state index contributed by atoms with van der Waals surface area (Å²) in [5, 5.41) is 7.18. The summed E-state index contributed by atoms with van der Waals surface area (Å²) >= 11 is 2.25. The van der Waals surface area contributed by atoms with Crippen molar-refractivity contribution >= 4 is 34.3 Å². The van der Waals surface area contributed by atoms with Gasteiger partial charge < -0.3 is 5.32 Å². The molecule has 25 heavy (non-hydrogen) atoms. The van der Waals surface area contributed by atoms with Crippen molar-refractivity contribution in [2.45, 2.75) is 18.3 Å². The van der Waals surface area contributed by atoms with Crippen LogP contribution >= 0.6 is 22.6 Å². The molecule has 1 amide bonds. The number of benzene rings is 1. The highest BCUT2D eigenvalue weighted by Gasteiger charge is 2.51. The van der Waals surface area contributed by atoms with E-state index < -0.39 is 11.4 Å². The summed E-state index contributed by atoms with van der Waals surface area (Å²) in [5.74, 6) is -0.187. The normalized spacial score (nSPS) is 15.0. The second-order valence-electron chi connectivity index (χ2n) is 6.03. The van der Waals surface area contributed by atoms with Crippen molar-refractivity contribution in [3.05, 3.63) is 69.9 Å². The van der Waals surface area contributed by atoms with Crippen LogP contribution in [0.1, 0.15) is 18.4 Å². The second kappa shape index (κ2) is 6.21. The number of nitrogens with zero attached hydrogens (tertiary/aromatic N) is 3. The zero-order valence-corrected chi connectivity index (χ0v) is 15.3. The maximum absolute atomic E-state index is 13.2. The van der Waals surface area contributed by atoms with E-state index in [1.54, 1.807) is 18.3 Å². The van der Waals surface area contributed by atoms with E-state index in [0.717, 1.165) is 22.0 Å². The predicted molar refractivity (Wildman–Crippen MR) is 100 cm³/mol. The Kier molecular flexibility index (Phi) is 4.03. The van der Waals surface area contributed by atoms with Gasteiger partial charge in [-0.1, -0.05) is 12.1 Å². The quantitative estimate of drug-likeness (QED) is 0.490. The molecule has 5 nitrogen and oxygen atoms in total. The van der Waals surface area contributed by atoms with Gasteiger partial charge in [0.2, 0.25) is 11.9 Å². The Morgan fingerprint density at radius 1 is 1.20 bits per heavy atom. The van der Waals surface area contributed by atoms with Crippen LogP contribution in [0.25, 0.3) is 5.69 Å². The van der Waals surface area contributed by atoms with Crippen LogP contribution in [0.2, 0.25) is 0 Å². The number of amides is 1. The zero-order chi connectivity index (χ0) is 17.4. The molecule has 2 aromatic heterocycles. The Bertz CT molecular complexity index is 934. The number of carbonyl (C=O) groups excluding carboxylic acids is 1. The monoisotopic (exact) mass is 448 g/mol. The van der Waals surface area contributed by atoms with Gasteiger partial charge in [-0.2, -0.15) is 9.49 Å². The molecule has 4 rings (SSSR count). The number of carbonyl (C=O) groups is 1. The summed E-state index contributed by atoms with van der Waals surface area (Å²) in [6, 6.07) is 12.7. The highest BCUT2D eigenvalue weighted by atomic mass is 127. The topological polar surface area (TPSA) is 59.8 Å². The number of rotatable bonds is 4. The third kappa shape index (κ3) is 3.15. The Balaban J connectivity index is 1.53. The molecule has 2 heterocycles. The maximum Gasteiger partial charge on any atom is 0.236 e. The molecule has 0 saturated heterocycles. The van der Waals surface area contributed by atoms with E-state index in [-0.39, 0.29) is 5.91 Å². The van der Waals surface area contributed by atoms with Crippen LogP contribution in [-0.2, 0) is 10.2 Å².